The second kappa shape index (κ2) is 11.7. The summed E-state index contributed by atoms with van der Waals surface area (Å²) in [6.45, 7) is 4.60. The maximum atomic E-state index is 12.9. The fraction of sp³-hybridized carbons (Fsp3) is 0.346. The Morgan fingerprint density at radius 3 is 2.47 bits per heavy atom. The van der Waals surface area contributed by atoms with Gasteiger partial charge in [0.05, 0.1) is 0 Å². The number of benzene rings is 2. The van der Waals surface area contributed by atoms with Crippen LogP contribution in [0.2, 0.25) is 0 Å². The predicted octanol–water partition coefficient (Wildman–Crippen LogP) is 4.22. The molecule has 32 heavy (non-hydrogen) atoms. The molecule has 0 unspecified atom stereocenters. The maximum absolute atomic E-state index is 12.9. The van der Waals surface area contributed by atoms with E-state index in [1.807, 2.05) is 25.1 Å². The molecule has 5 nitrogen and oxygen atoms in total. The minimum Gasteiger partial charge on any atom is -0.356 e. The molecule has 0 spiro atoms. The zero-order valence-corrected chi connectivity index (χ0v) is 19.9. The van der Waals surface area contributed by atoms with Crippen LogP contribution < -0.4 is 10.9 Å². The Morgan fingerprint density at radius 1 is 1.03 bits per heavy atom. The minimum absolute atomic E-state index is 0.000713. The van der Waals surface area contributed by atoms with E-state index in [9.17, 15) is 9.59 Å². The lowest BCUT2D eigenvalue weighted by molar-refractivity contribution is -0.121. The van der Waals surface area contributed by atoms with Gasteiger partial charge in [-0.3, -0.25) is 14.2 Å². The molecule has 168 valence electrons. The summed E-state index contributed by atoms with van der Waals surface area (Å²) in [5.74, 6) is 0.802. The topological polar surface area (TPSA) is 64.0 Å². The van der Waals surface area contributed by atoms with E-state index < -0.39 is 0 Å². The van der Waals surface area contributed by atoms with Gasteiger partial charge < -0.3 is 5.32 Å². The molecule has 3 rings (SSSR count). The van der Waals surface area contributed by atoms with Crippen molar-refractivity contribution >= 4 is 17.7 Å². The number of carbonyl (C=O) groups excluding carboxylic acids is 1. The van der Waals surface area contributed by atoms with E-state index in [0.717, 1.165) is 35.4 Å². The number of hydrogen-bond acceptors (Lipinski definition) is 4. The van der Waals surface area contributed by atoms with Gasteiger partial charge in [0.15, 0.2) is 5.16 Å². The molecule has 6 heteroatoms. The van der Waals surface area contributed by atoms with Crippen molar-refractivity contribution in [3.8, 4) is 0 Å². The third-order valence-electron chi connectivity index (χ3n) is 5.41. The molecule has 0 saturated heterocycles. The van der Waals surface area contributed by atoms with Gasteiger partial charge in [0.1, 0.15) is 0 Å². The van der Waals surface area contributed by atoms with Crippen LogP contribution in [0, 0.1) is 13.8 Å². The van der Waals surface area contributed by atoms with Crippen molar-refractivity contribution in [2.75, 3.05) is 12.3 Å². The molecule has 0 radical (unpaired) electrons. The molecule has 1 N–H and O–H groups in total. The van der Waals surface area contributed by atoms with Crippen molar-refractivity contribution < 1.29 is 4.79 Å². The first-order chi connectivity index (χ1) is 15.4. The largest absolute Gasteiger partial charge is 0.356 e. The van der Waals surface area contributed by atoms with Gasteiger partial charge in [0.25, 0.3) is 5.56 Å². The van der Waals surface area contributed by atoms with Crippen molar-refractivity contribution in [2.45, 2.75) is 44.7 Å². The van der Waals surface area contributed by atoms with Gasteiger partial charge >= 0.3 is 0 Å². The Kier molecular flexibility index (Phi) is 8.68. The van der Waals surface area contributed by atoms with E-state index in [2.05, 4.69) is 53.6 Å². The lowest BCUT2D eigenvalue weighted by Crippen LogP contribution is -2.26. The molecular formula is C26H31N3O2S. The zero-order valence-electron chi connectivity index (χ0n) is 19.1. The summed E-state index contributed by atoms with van der Waals surface area (Å²) in [5, 5.41) is 3.67. The molecule has 0 saturated carbocycles. The van der Waals surface area contributed by atoms with Gasteiger partial charge in [0, 0.05) is 43.4 Å². The number of carbonyl (C=O) groups is 1. The van der Waals surface area contributed by atoms with E-state index in [4.69, 9.17) is 0 Å². The minimum atomic E-state index is -0.000713. The molecule has 0 bridgehead atoms. The van der Waals surface area contributed by atoms with Crippen LogP contribution in [-0.4, -0.2) is 27.8 Å². The monoisotopic (exact) mass is 449 g/mol. The number of aromatic nitrogens is 2. The van der Waals surface area contributed by atoms with Crippen LogP contribution in [-0.2, 0) is 24.7 Å². The molecule has 0 fully saturated rings. The van der Waals surface area contributed by atoms with Crippen molar-refractivity contribution in [2.24, 2.45) is 7.05 Å². The van der Waals surface area contributed by atoms with Crippen LogP contribution in [0.3, 0.4) is 0 Å². The number of thioether (sulfide) groups is 1. The van der Waals surface area contributed by atoms with E-state index in [1.54, 1.807) is 11.6 Å². The van der Waals surface area contributed by atoms with Crippen molar-refractivity contribution in [3.05, 3.63) is 92.9 Å². The SMILES string of the molecule is Cc1ccc(Cc2c(C)nc(SCCCC(=O)NCCc3ccccc3)n(C)c2=O)cc1. The molecule has 3 aromatic rings. The lowest BCUT2D eigenvalue weighted by Gasteiger charge is -2.12. The molecule has 1 heterocycles. The molecule has 0 atom stereocenters. The molecule has 0 aliphatic rings. The fourth-order valence-corrected chi connectivity index (χ4v) is 4.40. The van der Waals surface area contributed by atoms with Crippen LogP contribution in [0.4, 0.5) is 0 Å². The van der Waals surface area contributed by atoms with E-state index in [-0.39, 0.29) is 11.5 Å². The third kappa shape index (κ3) is 6.82. The highest BCUT2D eigenvalue weighted by molar-refractivity contribution is 7.99. The van der Waals surface area contributed by atoms with Gasteiger partial charge in [0.2, 0.25) is 5.91 Å². The second-order valence-corrected chi connectivity index (χ2v) is 9.08. The quantitative estimate of drug-likeness (QED) is 0.286. The Bertz CT molecular complexity index is 1090. The van der Waals surface area contributed by atoms with Crippen LogP contribution in [0.25, 0.3) is 0 Å². The van der Waals surface area contributed by atoms with Crippen molar-refractivity contribution in [1.82, 2.24) is 14.9 Å². The van der Waals surface area contributed by atoms with E-state index in [1.165, 1.54) is 22.9 Å². The summed E-state index contributed by atoms with van der Waals surface area (Å²) >= 11 is 1.53. The molecule has 2 aromatic carbocycles. The zero-order chi connectivity index (χ0) is 22.9. The lowest BCUT2D eigenvalue weighted by atomic mass is 10.0. The smallest absolute Gasteiger partial charge is 0.257 e. The average molecular weight is 450 g/mol. The first-order valence-electron chi connectivity index (χ1n) is 11.0. The summed E-state index contributed by atoms with van der Waals surface area (Å²) in [6.07, 6.45) is 2.63. The summed E-state index contributed by atoms with van der Waals surface area (Å²) in [6, 6.07) is 18.4. The van der Waals surface area contributed by atoms with Crippen LogP contribution >= 0.6 is 11.8 Å². The number of hydrogen-bond donors (Lipinski definition) is 1. The Balaban J connectivity index is 1.47. The summed E-state index contributed by atoms with van der Waals surface area (Å²) in [5.41, 5.74) is 5.04. The van der Waals surface area contributed by atoms with Gasteiger partial charge in [-0.1, -0.05) is 71.9 Å². The first kappa shape index (κ1) is 23.8. The molecule has 0 aliphatic heterocycles. The van der Waals surface area contributed by atoms with Crippen LogP contribution in [0.15, 0.2) is 64.5 Å². The standard InChI is InChI=1S/C26H31N3O2S/c1-19-11-13-22(14-12-19)18-23-20(2)28-26(29(3)25(23)31)32-17-7-10-24(30)27-16-15-21-8-5-4-6-9-21/h4-6,8-9,11-14H,7,10,15-18H2,1-3H3,(H,27,30). The summed E-state index contributed by atoms with van der Waals surface area (Å²) in [7, 11) is 1.77. The predicted molar refractivity (Wildman–Crippen MR) is 131 cm³/mol. The second-order valence-electron chi connectivity index (χ2n) is 8.02. The van der Waals surface area contributed by atoms with E-state index >= 15 is 0 Å². The number of rotatable bonds is 10. The maximum Gasteiger partial charge on any atom is 0.257 e. The fourth-order valence-electron chi connectivity index (χ4n) is 3.45. The highest BCUT2D eigenvalue weighted by atomic mass is 32.2. The molecule has 0 aliphatic carbocycles. The number of nitrogens with one attached hydrogen (secondary N) is 1. The number of nitrogens with zero attached hydrogens (tertiary/aromatic N) is 2. The van der Waals surface area contributed by atoms with Crippen LogP contribution in [0.1, 0.15) is 40.8 Å². The highest BCUT2D eigenvalue weighted by Crippen LogP contribution is 2.18. The molecule has 1 aromatic heterocycles. The van der Waals surface area contributed by atoms with Crippen molar-refractivity contribution in [1.29, 1.82) is 0 Å². The van der Waals surface area contributed by atoms with Gasteiger partial charge in [-0.25, -0.2) is 4.98 Å². The summed E-state index contributed by atoms with van der Waals surface area (Å²) < 4.78 is 1.63. The normalized spacial score (nSPS) is 10.8. The molecule has 1 amide bonds. The Morgan fingerprint density at radius 2 is 1.75 bits per heavy atom. The van der Waals surface area contributed by atoms with Gasteiger partial charge in [-0.05, 0) is 37.8 Å². The third-order valence-corrected chi connectivity index (χ3v) is 6.53. The van der Waals surface area contributed by atoms with Crippen LogP contribution in [0.5, 0.6) is 0 Å². The van der Waals surface area contributed by atoms with Gasteiger partial charge in [-0.2, -0.15) is 0 Å². The Labute approximate surface area is 194 Å². The van der Waals surface area contributed by atoms with Gasteiger partial charge in [-0.15, -0.1) is 0 Å². The van der Waals surface area contributed by atoms with Crippen molar-refractivity contribution in [3.63, 3.8) is 0 Å². The average Bonchev–Trinajstić information content (AvgIpc) is 2.79. The Hall–Kier alpha value is -2.86. The first-order valence-corrected chi connectivity index (χ1v) is 12.0. The number of aryl methyl sites for hydroxylation is 2. The number of amides is 1. The van der Waals surface area contributed by atoms with E-state index in [0.29, 0.717) is 24.5 Å². The summed E-state index contributed by atoms with van der Waals surface area (Å²) in [4.78, 5) is 29.6. The molecular weight excluding hydrogens is 418 g/mol. The highest BCUT2D eigenvalue weighted by Gasteiger charge is 2.13.